The maximum Gasteiger partial charge on any atom is 0.228 e. The second-order valence-electron chi connectivity index (χ2n) is 8.69. The van der Waals surface area contributed by atoms with Crippen molar-refractivity contribution in [3.8, 4) is 0 Å². The molecule has 2 aliphatic heterocycles. The molecule has 0 bridgehead atoms. The first-order valence-electron chi connectivity index (χ1n) is 10.9. The fourth-order valence-corrected chi connectivity index (χ4v) is 5.05. The summed E-state index contributed by atoms with van der Waals surface area (Å²) < 4.78 is 0. The molecule has 30 heavy (non-hydrogen) atoms. The van der Waals surface area contributed by atoms with Gasteiger partial charge in [0.25, 0.3) is 0 Å². The van der Waals surface area contributed by atoms with E-state index < -0.39 is 0 Å². The van der Waals surface area contributed by atoms with Crippen LogP contribution in [0.3, 0.4) is 0 Å². The molecule has 0 aromatic heterocycles. The van der Waals surface area contributed by atoms with Gasteiger partial charge in [0.05, 0.1) is 5.68 Å². The summed E-state index contributed by atoms with van der Waals surface area (Å²) in [6.07, 6.45) is 2.22. The number of halogens is 1. The van der Waals surface area contributed by atoms with Crippen LogP contribution in [0.2, 0.25) is 11.8 Å². The van der Waals surface area contributed by atoms with Gasteiger partial charge in [-0.15, -0.1) is 0 Å². The Morgan fingerprint density at radius 2 is 1.77 bits per heavy atom. The van der Waals surface area contributed by atoms with E-state index in [1.807, 2.05) is 37.2 Å². The molecular weight excluding hydrogens is 395 g/mol. The molecule has 0 spiro atoms. The number of nitrogens with zero attached hydrogens (tertiary/aromatic N) is 1. The summed E-state index contributed by atoms with van der Waals surface area (Å²) in [4.78, 5) is 28.0. The predicted octanol–water partition coefficient (Wildman–Crippen LogP) is 4.00. The van der Waals surface area contributed by atoms with Gasteiger partial charge in [-0.3, -0.25) is 9.69 Å². The first-order valence-corrected chi connectivity index (χ1v) is 11.2. The minimum Gasteiger partial charge on any atom is -0.353 e. The zero-order chi connectivity index (χ0) is 21.1. The summed E-state index contributed by atoms with van der Waals surface area (Å²) >= 11 is 6.02. The number of nitrogens with one attached hydrogen (secondary N) is 1. The highest BCUT2D eigenvalue weighted by atomic mass is 35.5. The molecule has 4 nitrogen and oxygen atoms in total. The SMILES string of the molecule is CB1C(=O)C[C@@H](C(=O)NC2CCN(Cc3ccccc3)CC2)C1c1ccc(Cl)cc1. The van der Waals surface area contributed by atoms with Gasteiger partial charge in [-0.05, 0) is 36.4 Å². The van der Waals surface area contributed by atoms with Gasteiger partial charge >= 0.3 is 0 Å². The van der Waals surface area contributed by atoms with Crippen molar-refractivity contribution < 1.29 is 9.59 Å². The van der Waals surface area contributed by atoms with Crippen molar-refractivity contribution in [1.82, 2.24) is 10.2 Å². The number of benzene rings is 2. The van der Waals surface area contributed by atoms with Crippen LogP contribution in [0.4, 0.5) is 0 Å². The molecule has 156 valence electrons. The molecular formula is C24H28BClN2O2. The zero-order valence-electron chi connectivity index (χ0n) is 17.4. The van der Waals surface area contributed by atoms with Crippen LogP contribution >= 0.6 is 11.6 Å². The van der Waals surface area contributed by atoms with Gasteiger partial charge in [-0.2, -0.15) is 0 Å². The van der Waals surface area contributed by atoms with E-state index in [2.05, 4.69) is 34.5 Å². The Balaban J connectivity index is 1.35. The highest BCUT2D eigenvalue weighted by Crippen LogP contribution is 2.37. The van der Waals surface area contributed by atoms with Crippen molar-refractivity contribution in [1.29, 1.82) is 0 Å². The standard InChI is InChI=1S/C24H28BClN2O2/c1-25-22(29)15-21(23(25)18-7-9-19(26)10-8-18)24(30)27-20-11-13-28(14-12-20)16-17-5-3-2-4-6-17/h2-10,20-21,23H,11-16H2,1H3,(H,27,30)/t21-,23?/m1/s1. The third-order valence-electron chi connectivity index (χ3n) is 6.68. The van der Waals surface area contributed by atoms with Gasteiger partial charge in [0.1, 0.15) is 0 Å². The number of hydrogen-bond acceptors (Lipinski definition) is 3. The van der Waals surface area contributed by atoms with Gasteiger partial charge in [0, 0.05) is 43.0 Å². The largest absolute Gasteiger partial charge is 0.353 e. The van der Waals surface area contributed by atoms with Gasteiger partial charge in [-0.25, -0.2) is 0 Å². The Labute approximate surface area is 184 Å². The molecule has 2 fully saturated rings. The van der Waals surface area contributed by atoms with E-state index in [0.717, 1.165) is 38.0 Å². The zero-order valence-corrected chi connectivity index (χ0v) is 18.1. The maximum absolute atomic E-state index is 13.1. The lowest BCUT2D eigenvalue weighted by Crippen LogP contribution is -2.46. The van der Waals surface area contributed by atoms with E-state index in [0.29, 0.717) is 11.4 Å². The van der Waals surface area contributed by atoms with Crippen LogP contribution < -0.4 is 5.32 Å². The number of amides is 1. The molecule has 1 unspecified atom stereocenters. The molecule has 6 heteroatoms. The molecule has 1 amide bonds. The summed E-state index contributed by atoms with van der Waals surface area (Å²) in [6, 6.07) is 18.2. The first-order chi connectivity index (χ1) is 14.5. The predicted molar refractivity (Wildman–Crippen MR) is 122 cm³/mol. The van der Waals surface area contributed by atoms with E-state index in [1.54, 1.807) is 0 Å². The Morgan fingerprint density at radius 1 is 1.10 bits per heavy atom. The minimum atomic E-state index is -0.295. The van der Waals surface area contributed by atoms with E-state index in [4.69, 9.17) is 11.6 Å². The second-order valence-corrected chi connectivity index (χ2v) is 9.12. The van der Waals surface area contributed by atoms with Crippen LogP contribution in [0.1, 0.15) is 36.2 Å². The van der Waals surface area contributed by atoms with Crippen molar-refractivity contribution in [2.45, 2.75) is 44.5 Å². The highest BCUT2D eigenvalue weighted by Gasteiger charge is 2.46. The van der Waals surface area contributed by atoms with Crippen LogP contribution in [-0.2, 0) is 16.1 Å². The van der Waals surface area contributed by atoms with Gasteiger partial charge < -0.3 is 10.1 Å². The second kappa shape index (κ2) is 9.36. The number of carbonyl (C=O) groups is 2. The number of hydrogen-bond donors (Lipinski definition) is 1. The van der Waals surface area contributed by atoms with Crippen molar-refractivity contribution in [3.05, 3.63) is 70.7 Å². The smallest absolute Gasteiger partial charge is 0.228 e. The number of piperidine rings is 1. The Hall–Kier alpha value is -2.11. The van der Waals surface area contributed by atoms with E-state index in [1.165, 1.54) is 5.56 Å². The average molecular weight is 423 g/mol. The van der Waals surface area contributed by atoms with Gasteiger partial charge in [0.2, 0.25) is 12.6 Å². The van der Waals surface area contributed by atoms with Crippen LogP contribution in [0.5, 0.6) is 0 Å². The monoisotopic (exact) mass is 422 g/mol. The Morgan fingerprint density at radius 3 is 2.43 bits per heavy atom. The van der Waals surface area contributed by atoms with Crippen molar-refractivity contribution in [2.24, 2.45) is 5.92 Å². The summed E-state index contributed by atoms with van der Waals surface area (Å²) in [5.41, 5.74) is 2.52. The van der Waals surface area contributed by atoms with Crippen LogP contribution in [-0.4, -0.2) is 42.3 Å². The molecule has 0 saturated carbocycles. The Kier molecular flexibility index (Phi) is 6.60. The lowest BCUT2D eigenvalue weighted by Gasteiger charge is -2.33. The van der Waals surface area contributed by atoms with Crippen LogP contribution in [0.25, 0.3) is 0 Å². The Bertz CT molecular complexity index is 882. The van der Waals surface area contributed by atoms with Crippen molar-refractivity contribution in [2.75, 3.05) is 13.1 Å². The topological polar surface area (TPSA) is 49.4 Å². The number of likely N-dealkylation sites (tertiary alicyclic amines) is 1. The van der Waals surface area contributed by atoms with E-state index in [-0.39, 0.29) is 36.1 Å². The summed E-state index contributed by atoms with van der Waals surface area (Å²) in [6.45, 7) is 4.70. The molecule has 2 aromatic rings. The lowest BCUT2D eigenvalue weighted by molar-refractivity contribution is -0.127. The molecule has 0 aliphatic carbocycles. The van der Waals surface area contributed by atoms with Crippen molar-refractivity contribution >= 4 is 29.9 Å². The van der Waals surface area contributed by atoms with Gasteiger partial charge in [0.15, 0.2) is 0 Å². The summed E-state index contributed by atoms with van der Waals surface area (Å²) in [7, 11) is 0. The summed E-state index contributed by atoms with van der Waals surface area (Å²) in [5.74, 6) is -0.349. The summed E-state index contributed by atoms with van der Waals surface area (Å²) in [5, 5.41) is 3.92. The van der Waals surface area contributed by atoms with Crippen LogP contribution in [0.15, 0.2) is 54.6 Å². The molecule has 2 saturated heterocycles. The molecule has 2 atom stereocenters. The van der Waals surface area contributed by atoms with Gasteiger partial charge in [-0.1, -0.05) is 66.5 Å². The molecule has 1 N–H and O–H groups in total. The fraction of sp³-hybridized carbons (Fsp3) is 0.417. The molecule has 2 heterocycles. The molecule has 2 aromatic carbocycles. The average Bonchev–Trinajstić information content (AvgIpc) is 3.06. The van der Waals surface area contributed by atoms with E-state index in [9.17, 15) is 9.59 Å². The van der Waals surface area contributed by atoms with Crippen molar-refractivity contribution in [3.63, 3.8) is 0 Å². The van der Waals surface area contributed by atoms with Crippen LogP contribution in [0, 0.1) is 5.92 Å². The molecule has 2 aliphatic rings. The quantitative estimate of drug-likeness (QED) is 0.741. The maximum atomic E-state index is 13.1. The molecule has 0 radical (unpaired) electrons. The number of carbonyl (C=O) groups excluding carboxylic acids is 2. The fourth-order valence-electron chi connectivity index (χ4n) is 4.93. The number of rotatable bonds is 5. The third kappa shape index (κ3) is 4.79. The third-order valence-corrected chi connectivity index (χ3v) is 6.93. The van der Waals surface area contributed by atoms with E-state index >= 15 is 0 Å². The molecule has 4 rings (SSSR count). The normalized spacial score (nSPS) is 23.0. The first kappa shape index (κ1) is 21.1. The lowest BCUT2D eigenvalue weighted by atomic mass is 9.41. The highest BCUT2D eigenvalue weighted by molar-refractivity contribution is 6.91. The minimum absolute atomic E-state index is 0.0224.